The van der Waals surface area contributed by atoms with Gasteiger partial charge in [0.2, 0.25) is 0 Å². The Labute approximate surface area is 132 Å². The largest absolute Gasteiger partial charge is 0.490 e. The maximum Gasteiger partial charge on any atom is 0.166 e. The zero-order valence-corrected chi connectivity index (χ0v) is 14.7. The van der Waals surface area contributed by atoms with E-state index in [1.807, 2.05) is 0 Å². The monoisotopic (exact) mass is 394 g/mol. The maximum absolute atomic E-state index is 13.7. The van der Waals surface area contributed by atoms with Crippen LogP contribution in [-0.2, 0) is 0 Å². The predicted octanol–water partition coefficient (Wildman–Crippen LogP) is 5.95. The van der Waals surface area contributed by atoms with Crippen molar-refractivity contribution < 1.29 is 9.13 Å². The summed E-state index contributed by atoms with van der Waals surface area (Å²) in [7, 11) is 0. The van der Waals surface area contributed by atoms with E-state index in [4.69, 9.17) is 4.74 Å². The van der Waals surface area contributed by atoms with Gasteiger partial charge < -0.3 is 4.74 Å². The van der Waals surface area contributed by atoms with E-state index < -0.39 is 0 Å². The zero-order valence-electron chi connectivity index (χ0n) is 11.5. The fraction of sp³-hybridized carbons (Fsp3) is 0.600. The zero-order chi connectivity index (χ0) is 14.3. The quantitative estimate of drug-likeness (QED) is 0.494. The summed E-state index contributed by atoms with van der Waals surface area (Å²) in [6.07, 6.45) is 4.39. The van der Waals surface area contributed by atoms with E-state index in [2.05, 4.69) is 45.7 Å². The summed E-state index contributed by atoms with van der Waals surface area (Å²) >= 11 is 6.84. The van der Waals surface area contributed by atoms with E-state index in [-0.39, 0.29) is 11.2 Å². The van der Waals surface area contributed by atoms with Crippen molar-refractivity contribution in [2.45, 2.75) is 39.5 Å². The van der Waals surface area contributed by atoms with Crippen LogP contribution in [0.5, 0.6) is 5.75 Å². The van der Waals surface area contributed by atoms with Crippen molar-refractivity contribution in [2.24, 2.45) is 5.41 Å². The van der Waals surface area contributed by atoms with Crippen molar-refractivity contribution in [1.29, 1.82) is 0 Å². The van der Waals surface area contributed by atoms with Gasteiger partial charge in [-0.3, -0.25) is 0 Å². The maximum atomic E-state index is 13.7. The van der Waals surface area contributed by atoms with Crippen LogP contribution in [-0.4, -0.2) is 11.9 Å². The minimum atomic E-state index is -0.314. The standard InChI is InChI=1S/C15H21Br2FO/c1-3-7-15(10-16,8-4-2)11-19-14-6-5-12(17)9-13(14)18/h5-6,9H,3-4,7-8,10-11H2,1-2H3. The minimum absolute atomic E-state index is 0.100. The van der Waals surface area contributed by atoms with Gasteiger partial charge in [0, 0.05) is 15.2 Å². The molecule has 0 aliphatic heterocycles. The lowest BCUT2D eigenvalue weighted by Crippen LogP contribution is -2.30. The predicted molar refractivity (Wildman–Crippen MR) is 85.6 cm³/mol. The first-order valence-corrected chi connectivity index (χ1v) is 8.62. The van der Waals surface area contributed by atoms with Crippen molar-refractivity contribution in [2.75, 3.05) is 11.9 Å². The highest BCUT2D eigenvalue weighted by atomic mass is 79.9. The lowest BCUT2D eigenvalue weighted by Gasteiger charge is -2.31. The molecule has 0 saturated carbocycles. The van der Waals surface area contributed by atoms with Gasteiger partial charge >= 0.3 is 0 Å². The fourth-order valence-electron chi connectivity index (χ4n) is 2.33. The van der Waals surface area contributed by atoms with Crippen LogP contribution in [0.4, 0.5) is 4.39 Å². The Morgan fingerprint density at radius 3 is 2.32 bits per heavy atom. The van der Waals surface area contributed by atoms with Crippen molar-refractivity contribution >= 4 is 31.9 Å². The number of halogens is 3. The van der Waals surface area contributed by atoms with Crippen molar-refractivity contribution in [1.82, 2.24) is 0 Å². The molecule has 0 spiro atoms. The van der Waals surface area contributed by atoms with Gasteiger partial charge in [0.15, 0.2) is 11.6 Å². The molecule has 0 aliphatic rings. The van der Waals surface area contributed by atoms with Crippen molar-refractivity contribution in [3.63, 3.8) is 0 Å². The molecular formula is C15H21Br2FO. The van der Waals surface area contributed by atoms with Gasteiger partial charge in [-0.15, -0.1) is 0 Å². The highest BCUT2D eigenvalue weighted by molar-refractivity contribution is 9.10. The first kappa shape index (κ1) is 17.0. The SMILES string of the molecule is CCCC(CBr)(CCC)COc1ccc(Br)cc1F. The molecule has 0 amide bonds. The average molecular weight is 396 g/mol. The molecule has 1 aromatic carbocycles. The molecule has 0 radical (unpaired) electrons. The number of benzene rings is 1. The van der Waals surface area contributed by atoms with Crippen LogP contribution in [0.15, 0.2) is 22.7 Å². The topological polar surface area (TPSA) is 9.23 Å². The van der Waals surface area contributed by atoms with Gasteiger partial charge in [-0.25, -0.2) is 4.39 Å². The van der Waals surface area contributed by atoms with E-state index >= 15 is 0 Å². The number of hydrogen-bond donors (Lipinski definition) is 0. The van der Waals surface area contributed by atoms with Crippen LogP contribution in [0.2, 0.25) is 0 Å². The second kappa shape index (κ2) is 8.25. The third kappa shape index (κ3) is 5.07. The number of ether oxygens (including phenoxy) is 1. The molecule has 0 saturated heterocycles. The van der Waals surface area contributed by atoms with Crippen LogP contribution in [0, 0.1) is 11.2 Å². The Kier molecular flexibility index (Phi) is 7.37. The van der Waals surface area contributed by atoms with E-state index in [0.717, 1.165) is 35.5 Å². The van der Waals surface area contributed by atoms with Gasteiger partial charge in [0.1, 0.15) is 0 Å². The Morgan fingerprint density at radius 2 is 1.84 bits per heavy atom. The molecule has 4 heteroatoms. The van der Waals surface area contributed by atoms with Gasteiger partial charge in [-0.2, -0.15) is 0 Å². The van der Waals surface area contributed by atoms with Gasteiger partial charge in [0.25, 0.3) is 0 Å². The molecule has 0 aliphatic carbocycles. The smallest absolute Gasteiger partial charge is 0.166 e. The summed E-state index contributed by atoms with van der Waals surface area (Å²) in [4.78, 5) is 0. The van der Waals surface area contributed by atoms with Crippen LogP contribution >= 0.6 is 31.9 Å². The highest BCUT2D eigenvalue weighted by Gasteiger charge is 2.28. The van der Waals surface area contributed by atoms with Crippen molar-refractivity contribution in [3.05, 3.63) is 28.5 Å². The second-order valence-electron chi connectivity index (χ2n) is 5.00. The van der Waals surface area contributed by atoms with E-state index in [0.29, 0.717) is 12.4 Å². The Bertz CT molecular complexity index is 390. The van der Waals surface area contributed by atoms with E-state index in [1.165, 1.54) is 6.07 Å². The lowest BCUT2D eigenvalue weighted by atomic mass is 9.82. The van der Waals surface area contributed by atoms with E-state index in [1.54, 1.807) is 12.1 Å². The number of rotatable bonds is 8. The van der Waals surface area contributed by atoms with Crippen LogP contribution in [0.1, 0.15) is 39.5 Å². The Balaban J connectivity index is 2.74. The van der Waals surface area contributed by atoms with E-state index in [9.17, 15) is 4.39 Å². The summed E-state index contributed by atoms with van der Waals surface area (Å²) in [5, 5.41) is 0.889. The third-order valence-corrected chi connectivity index (χ3v) is 4.95. The molecule has 0 aromatic heterocycles. The van der Waals surface area contributed by atoms with Crippen LogP contribution in [0.25, 0.3) is 0 Å². The normalized spacial score (nSPS) is 11.6. The molecule has 0 unspecified atom stereocenters. The minimum Gasteiger partial charge on any atom is -0.490 e. The molecular weight excluding hydrogens is 375 g/mol. The fourth-order valence-corrected chi connectivity index (χ4v) is 3.38. The van der Waals surface area contributed by atoms with Gasteiger partial charge in [-0.05, 0) is 31.0 Å². The number of hydrogen-bond acceptors (Lipinski definition) is 1. The second-order valence-corrected chi connectivity index (χ2v) is 6.47. The molecule has 0 heterocycles. The van der Waals surface area contributed by atoms with Crippen molar-refractivity contribution in [3.8, 4) is 5.75 Å². The molecule has 19 heavy (non-hydrogen) atoms. The summed E-state index contributed by atoms with van der Waals surface area (Å²) in [6.45, 7) is 4.90. The molecule has 0 atom stereocenters. The molecule has 0 bridgehead atoms. The summed E-state index contributed by atoms with van der Waals surface area (Å²) in [6, 6.07) is 4.91. The molecule has 0 fully saturated rings. The summed E-state index contributed by atoms with van der Waals surface area (Å²) < 4.78 is 20.2. The highest BCUT2D eigenvalue weighted by Crippen LogP contribution is 2.33. The Hall–Kier alpha value is -0.0900. The Morgan fingerprint density at radius 1 is 1.21 bits per heavy atom. The van der Waals surface area contributed by atoms with Gasteiger partial charge in [-0.1, -0.05) is 58.5 Å². The molecule has 1 nitrogen and oxygen atoms in total. The molecule has 1 aromatic rings. The molecule has 0 N–H and O–H groups in total. The third-order valence-electron chi connectivity index (χ3n) is 3.27. The van der Waals surface area contributed by atoms with Crippen LogP contribution in [0.3, 0.4) is 0 Å². The first-order chi connectivity index (χ1) is 9.06. The summed E-state index contributed by atoms with van der Waals surface area (Å²) in [5.41, 5.74) is 0.100. The van der Waals surface area contributed by atoms with Crippen LogP contribution < -0.4 is 4.74 Å². The first-order valence-electron chi connectivity index (χ1n) is 6.70. The summed E-state index contributed by atoms with van der Waals surface area (Å²) in [5.74, 6) is 0.0200. The number of alkyl halides is 1. The molecule has 108 valence electrons. The molecule has 1 rings (SSSR count). The average Bonchev–Trinajstić information content (AvgIpc) is 2.38. The lowest BCUT2D eigenvalue weighted by molar-refractivity contribution is 0.140. The van der Waals surface area contributed by atoms with Gasteiger partial charge in [0.05, 0.1) is 6.61 Å².